The van der Waals surface area contributed by atoms with Gasteiger partial charge in [-0.15, -0.1) is 0 Å². The lowest BCUT2D eigenvalue weighted by Gasteiger charge is -2.16. The molecule has 0 aliphatic heterocycles. The highest BCUT2D eigenvalue weighted by Crippen LogP contribution is 2.25. The summed E-state index contributed by atoms with van der Waals surface area (Å²) in [4.78, 5) is 6.93. The summed E-state index contributed by atoms with van der Waals surface area (Å²) in [7, 11) is 6.12. The van der Waals surface area contributed by atoms with Crippen LogP contribution in [0.2, 0.25) is 0 Å². The third-order valence-corrected chi connectivity index (χ3v) is 3.47. The maximum Gasteiger partial charge on any atom is 0.0938 e. The highest BCUT2D eigenvalue weighted by Gasteiger charge is 2.08. The van der Waals surface area contributed by atoms with Gasteiger partial charge < -0.3 is 10.2 Å². The Kier molecular flexibility index (Phi) is 4.38. The predicted molar refractivity (Wildman–Crippen MR) is 83.1 cm³/mol. The number of aryl methyl sites for hydroxylation is 2. The number of nitrogens with one attached hydrogen (secondary N) is 1. The summed E-state index contributed by atoms with van der Waals surface area (Å²) < 4.78 is 0. The highest BCUT2D eigenvalue weighted by atomic mass is 15.1. The average molecular weight is 257 g/mol. The Morgan fingerprint density at radius 2 is 2.05 bits per heavy atom. The van der Waals surface area contributed by atoms with Gasteiger partial charge in [-0.25, -0.2) is 0 Å². The zero-order valence-electron chi connectivity index (χ0n) is 12.3. The summed E-state index contributed by atoms with van der Waals surface area (Å²) in [6.07, 6.45) is 2.24. The lowest BCUT2D eigenvalue weighted by molar-refractivity contribution is 0.721. The van der Waals surface area contributed by atoms with Crippen LogP contribution in [0.1, 0.15) is 17.7 Å². The lowest BCUT2D eigenvalue weighted by atomic mass is 10.0. The summed E-state index contributed by atoms with van der Waals surface area (Å²) in [6.45, 7) is 3.16. The quantitative estimate of drug-likeness (QED) is 0.835. The van der Waals surface area contributed by atoms with E-state index >= 15 is 0 Å². The second-order valence-corrected chi connectivity index (χ2v) is 5.18. The van der Waals surface area contributed by atoms with Gasteiger partial charge in [0.25, 0.3) is 0 Å². The van der Waals surface area contributed by atoms with Crippen LogP contribution in [0.4, 0.5) is 5.69 Å². The standard InChI is InChI=1S/C16H23N3/c1-12-13(8-6-10-17-2)11-14-7-5-9-15(19(3)4)16(14)18-12/h5,7,9,11,17H,6,8,10H2,1-4H3. The third kappa shape index (κ3) is 3.04. The van der Waals surface area contributed by atoms with Gasteiger partial charge in [-0.2, -0.15) is 0 Å². The van der Waals surface area contributed by atoms with E-state index in [9.17, 15) is 0 Å². The van der Waals surface area contributed by atoms with Gasteiger partial charge in [0.05, 0.1) is 11.2 Å². The molecule has 0 fully saturated rings. The number of fused-ring (bicyclic) bond motifs is 1. The third-order valence-electron chi connectivity index (χ3n) is 3.47. The van der Waals surface area contributed by atoms with Crippen LogP contribution in [0.25, 0.3) is 10.9 Å². The molecule has 102 valence electrons. The predicted octanol–water partition coefficient (Wildman–Crippen LogP) is 2.76. The number of nitrogens with zero attached hydrogens (tertiary/aromatic N) is 2. The van der Waals surface area contributed by atoms with Crippen LogP contribution in [0, 0.1) is 6.92 Å². The topological polar surface area (TPSA) is 28.2 Å². The molecular formula is C16H23N3. The van der Waals surface area contributed by atoms with Gasteiger partial charge in [0, 0.05) is 25.2 Å². The van der Waals surface area contributed by atoms with Crippen LogP contribution in [0.5, 0.6) is 0 Å². The van der Waals surface area contributed by atoms with Crippen LogP contribution in [-0.2, 0) is 6.42 Å². The van der Waals surface area contributed by atoms with Crippen molar-refractivity contribution in [3.8, 4) is 0 Å². The summed E-state index contributed by atoms with van der Waals surface area (Å²) >= 11 is 0. The molecule has 0 unspecified atom stereocenters. The van der Waals surface area contributed by atoms with E-state index in [1.54, 1.807) is 0 Å². The number of aromatic nitrogens is 1. The minimum absolute atomic E-state index is 1.05. The molecule has 0 aliphatic rings. The Labute approximate surface area is 115 Å². The number of hydrogen-bond acceptors (Lipinski definition) is 3. The van der Waals surface area contributed by atoms with Crippen molar-refractivity contribution >= 4 is 16.6 Å². The Bertz CT molecular complexity index is 561. The fraction of sp³-hybridized carbons (Fsp3) is 0.438. The first kappa shape index (κ1) is 13.8. The van der Waals surface area contributed by atoms with Crippen molar-refractivity contribution < 1.29 is 0 Å². The van der Waals surface area contributed by atoms with E-state index in [1.807, 2.05) is 7.05 Å². The molecule has 1 heterocycles. The molecule has 1 aromatic heterocycles. The van der Waals surface area contributed by atoms with Gasteiger partial charge in [-0.3, -0.25) is 4.98 Å². The molecule has 0 saturated carbocycles. The average Bonchev–Trinajstić information content (AvgIpc) is 2.38. The zero-order chi connectivity index (χ0) is 13.8. The molecule has 0 aliphatic carbocycles. The van der Waals surface area contributed by atoms with Crippen molar-refractivity contribution in [2.24, 2.45) is 0 Å². The van der Waals surface area contributed by atoms with E-state index < -0.39 is 0 Å². The van der Waals surface area contributed by atoms with Crippen molar-refractivity contribution in [3.05, 3.63) is 35.5 Å². The second kappa shape index (κ2) is 6.02. The van der Waals surface area contributed by atoms with E-state index in [-0.39, 0.29) is 0 Å². The van der Waals surface area contributed by atoms with E-state index in [4.69, 9.17) is 4.98 Å². The summed E-state index contributed by atoms with van der Waals surface area (Å²) in [5.74, 6) is 0. The van der Waals surface area contributed by atoms with Crippen LogP contribution in [-0.4, -0.2) is 32.7 Å². The Morgan fingerprint density at radius 1 is 1.26 bits per heavy atom. The summed E-state index contributed by atoms with van der Waals surface area (Å²) in [6, 6.07) is 8.66. The van der Waals surface area contributed by atoms with Crippen LogP contribution >= 0.6 is 0 Å². The SMILES string of the molecule is CNCCCc1cc2cccc(N(C)C)c2nc1C. The molecule has 19 heavy (non-hydrogen) atoms. The van der Waals surface area contributed by atoms with Gasteiger partial charge in [-0.05, 0) is 51.1 Å². The molecule has 0 spiro atoms. The Morgan fingerprint density at radius 3 is 2.74 bits per heavy atom. The molecule has 1 aromatic carbocycles. The molecule has 0 amide bonds. The normalized spacial score (nSPS) is 10.9. The fourth-order valence-corrected chi connectivity index (χ4v) is 2.39. The molecule has 0 saturated heterocycles. The van der Waals surface area contributed by atoms with Crippen molar-refractivity contribution in [2.75, 3.05) is 32.6 Å². The molecule has 3 heteroatoms. The van der Waals surface area contributed by atoms with Crippen LogP contribution < -0.4 is 10.2 Å². The van der Waals surface area contributed by atoms with E-state index in [1.165, 1.54) is 16.6 Å². The number of benzene rings is 1. The summed E-state index contributed by atoms with van der Waals surface area (Å²) in [5, 5.41) is 4.42. The number of hydrogen-bond donors (Lipinski definition) is 1. The smallest absolute Gasteiger partial charge is 0.0938 e. The highest BCUT2D eigenvalue weighted by molar-refractivity contribution is 5.91. The molecule has 0 radical (unpaired) electrons. The van der Waals surface area contributed by atoms with Crippen molar-refractivity contribution in [1.82, 2.24) is 10.3 Å². The molecule has 1 N–H and O–H groups in total. The number of rotatable bonds is 5. The molecule has 3 nitrogen and oxygen atoms in total. The number of anilines is 1. The first-order valence-electron chi connectivity index (χ1n) is 6.84. The van der Waals surface area contributed by atoms with E-state index in [0.29, 0.717) is 0 Å². The minimum Gasteiger partial charge on any atom is -0.376 e. The first-order chi connectivity index (χ1) is 9.13. The second-order valence-electron chi connectivity index (χ2n) is 5.18. The molecule has 2 rings (SSSR count). The number of para-hydroxylation sites is 1. The molecular weight excluding hydrogens is 234 g/mol. The number of pyridine rings is 1. The monoisotopic (exact) mass is 257 g/mol. The van der Waals surface area contributed by atoms with Crippen molar-refractivity contribution in [3.63, 3.8) is 0 Å². The molecule has 0 bridgehead atoms. The zero-order valence-corrected chi connectivity index (χ0v) is 12.3. The van der Waals surface area contributed by atoms with Crippen LogP contribution in [0.15, 0.2) is 24.3 Å². The molecule has 0 atom stereocenters. The minimum atomic E-state index is 1.05. The van der Waals surface area contributed by atoms with Gasteiger partial charge in [0.15, 0.2) is 0 Å². The van der Waals surface area contributed by atoms with Crippen LogP contribution in [0.3, 0.4) is 0 Å². The Balaban J connectivity index is 2.40. The summed E-state index contributed by atoms with van der Waals surface area (Å²) in [5.41, 5.74) is 4.79. The van der Waals surface area contributed by atoms with Gasteiger partial charge in [0.1, 0.15) is 0 Å². The fourth-order valence-electron chi connectivity index (χ4n) is 2.39. The van der Waals surface area contributed by atoms with E-state index in [0.717, 1.165) is 30.6 Å². The Hall–Kier alpha value is -1.61. The van der Waals surface area contributed by atoms with Gasteiger partial charge >= 0.3 is 0 Å². The van der Waals surface area contributed by atoms with Gasteiger partial charge in [0.2, 0.25) is 0 Å². The maximum atomic E-state index is 4.81. The molecule has 2 aromatic rings. The lowest BCUT2D eigenvalue weighted by Crippen LogP contribution is -2.11. The van der Waals surface area contributed by atoms with E-state index in [2.05, 4.69) is 55.5 Å². The first-order valence-corrected chi connectivity index (χ1v) is 6.84. The maximum absolute atomic E-state index is 4.81. The largest absolute Gasteiger partial charge is 0.376 e. The van der Waals surface area contributed by atoms with Crippen molar-refractivity contribution in [2.45, 2.75) is 19.8 Å². The van der Waals surface area contributed by atoms with Crippen molar-refractivity contribution in [1.29, 1.82) is 0 Å². The van der Waals surface area contributed by atoms with Gasteiger partial charge in [-0.1, -0.05) is 12.1 Å².